The van der Waals surface area contributed by atoms with Gasteiger partial charge in [0.2, 0.25) is 5.91 Å². The predicted molar refractivity (Wildman–Crippen MR) is 71.9 cm³/mol. The molecular weight excluding hydrogens is 268 g/mol. The number of nitrogens with one attached hydrogen (secondary N) is 1. The van der Waals surface area contributed by atoms with Crippen molar-refractivity contribution in [1.29, 1.82) is 0 Å². The Morgan fingerprint density at radius 2 is 2.25 bits per heavy atom. The van der Waals surface area contributed by atoms with E-state index in [0.717, 1.165) is 0 Å². The topological polar surface area (TPSA) is 47.6 Å². The first-order valence-electron chi connectivity index (χ1n) is 5.77. The fraction of sp³-hybridized carbons (Fsp3) is 0.214. The molecule has 4 nitrogen and oxygen atoms in total. The van der Waals surface area contributed by atoms with Crippen molar-refractivity contribution in [2.45, 2.75) is 6.61 Å². The van der Waals surface area contributed by atoms with E-state index in [2.05, 4.69) is 16.6 Å². The Kier molecular flexibility index (Phi) is 6.22. The summed E-state index contributed by atoms with van der Waals surface area (Å²) < 4.78 is 34.2. The molecule has 0 saturated heterocycles. The summed E-state index contributed by atoms with van der Waals surface area (Å²) in [6, 6.07) is 4.64. The summed E-state index contributed by atoms with van der Waals surface area (Å²) in [5, 5.41) is 2.53. The Labute approximate surface area is 115 Å². The number of hydrogen-bond donors (Lipinski definition) is 1. The molecule has 0 spiro atoms. The number of carbonyl (C=O) groups is 1. The van der Waals surface area contributed by atoms with Gasteiger partial charge in [-0.05, 0) is 12.1 Å². The fourth-order valence-electron chi connectivity index (χ4n) is 1.44. The number of rotatable bonds is 7. The first-order valence-corrected chi connectivity index (χ1v) is 5.77. The van der Waals surface area contributed by atoms with E-state index in [1.165, 1.54) is 37.5 Å². The second-order valence-electron chi connectivity index (χ2n) is 3.62. The summed E-state index contributed by atoms with van der Waals surface area (Å²) in [7, 11) is 1.35. The average molecular weight is 283 g/mol. The number of hydrogen-bond acceptors (Lipinski definition) is 3. The number of amides is 1. The van der Waals surface area contributed by atoms with Crippen LogP contribution in [0.5, 0.6) is 11.5 Å². The van der Waals surface area contributed by atoms with Gasteiger partial charge < -0.3 is 14.8 Å². The molecule has 1 N–H and O–H groups in total. The van der Waals surface area contributed by atoms with Crippen LogP contribution in [0.2, 0.25) is 0 Å². The van der Waals surface area contributed by atoms with Crippen LogP contribution >= 0.6 is 0 Å². The molecule has 1 aromatic carbocycles. The van der Waals surface area contributed by atoms with E-state index in [9.17, 15) is 13.6 Å². The van der Waals surface area contributed by atoms with E-state index >= 15 is 0 Å². The maximum absolute atomic E-state index is 12.4. The summed E-state index contributed by atoms with van der Waals surface area (Å²) in [6.45, 7) is 0.804. The molecule has 0 radical (unpaired) electrons. The van der Waals surface area contributed by atoms with E-state index in [-0.39, 0.29) is 17.4 Å². The second-order valence-corrected chi connectivity index (χ2v) is 3.62. The molecular formula is C14H15F2NO3. The Bertz CT molecular complexity index is 501. The van der Waals surface area contributed by atoms with Crippen molar-refractivity contribution in [1.82, 2.24) is 5.32 Å². The number of para-hydroxylation sites is 1. The van der Waals surface area contributed by atoms with Gasteiger partial charge in [-0.2, -0.15) is 8.78 Å². The van der Waals surface area contributed by atoms with Gasteiger partial charge in [0.25, 0.3) is 0 Å². The normalized spacial score (nSPS) is 10.6. The molecule has 1 aromatic rings. The zero-order chi connectivity index (χ0) is 15.0. The molecule has 0 heterocycles. The van der Waals surface area contributed by atoms with Crippen molar-refractivity contribution in [3.8, 4) is 11.5 Å². The van der Waals surface area contributed by atoms with E-state index in [0.29, 0.717) is 12.1 Å². The Hall–Kier alpha value is -2.37. The lowest BCUT2D eigenvalue weighted by Gasteiger charge is -2.12. The van der Waals surface area contributed by atoms with Crippen LogP contribution in [0.15, 0.2) is 36.9 Å². The molecule has 0 aromatic heterocycles. The molecule has 0 bridgehead atoms. The summed E-state index contributed by atoms with van der Waals surface area (Å²) in [6.07, 6.45) is 4.12. The van der Waals surface area contributed by atoms with Gasteiger partial charge in [0.05, 0.1) is 7.11 Å². The first kappa shape index (κ1) is 15.7. The van der Waals surface area contributed by atoms with Crippen LogP contribution in [-0.4, -0.2) is 26.2 Å². The summed E-state index contributed by atoms with van der Waals surface area (Å²) in [4.78, 5) is 11.4. The number of benzene rings is 1. The van der Waals surface area contributed by atoms with Gasteiger partial charge in [-0.1, -0.05) is 18.2 Å². The largest absolute Gasteiger partial charge is 0.493 e. The average Bonchev–Trinajstić information content (AvgIpc) is 2.43. The fourth-order valence-corrected chi connectivity index (χ4v) is 1.44. The third-order valence-corrected chi connectivity index (χ3v) is 2.27. The zero-order valence-electron chi connectivity index (χ0n) is 10.9. The maximum atomic E-state index is 12.4. The highest BCUT2D eigenvalue weighted by atomic mass is 19.3. The van der Waals surface area contributed by atoms with Crippen LogP contribution < -0.4 is 14.8 Å². The minimum atomic E-state index is -2.98. The van der Waals surface area contributed by atoms with Gasteiger partial charge in [0.15, 0.2) is 11.5 Å². The third-order valence-electron chi connectivity index (χ3n) is 2.27. The molecule has 1 rings (SSSR count). The van der Waals surface area contributed by atoms with Crippen LogP contribution in [0, 0.1) is 0 Å². The summed E-state index contributed by atoms with van der Waals surface area (Å²) >= 11 is 0. The molecule has 0 fully saturated rings. The molecule has 0 unspecified atom stereocenters. The third kappa shape index (κ3) is 4.72. The van der Waals surface area contributed by atoms with Gasteiger partial charge in [0, 0.05) is 18.2 Å². The standard InChI is InChI=1S/C14H15F2NO3/c1-3-9-17-12(18)8-7-10-5-4-6-11(19-2)13(10)20-14(15)16/h3-8,14H,1,9H2,2H3,(H,17,18)/b8-7+. The minimum absolute atomic E-state index is 0.113. The van der Waals surface area contributed by atoms with Crippen molar-refractivity contribution >= 4 is 12.0 Å². The molecule has 1 amide bonds. The van der Waals surface area contributed by atoms with Crippen molar-refractivity contribution in [3.63, 3.8) is 0 Å². The molecule has 0 aliphatic rings. The van der Waals surface area contributed by atoms with E-state index in [1.807, 2.05) is 0 Å². The van der Waals surface area contributed by atoms with E-state index < -0.39 is 6.61 Å². The van der Waals surface area contributed by atoms with Crippen molar-refractivity contribution in [3.05, 3.63) is 42.5 Å². The highest BCUT2D eigenvalue weighted by molar-refractivity contribution is 5.92. The van der Waals surface area contributed by atoms with Crippen molar-refractivity contribution in [2.75, 3.05) is 13.7 Å². The van der Waals surface area contributed by atoms with Gasteiger partial charge in [-0.15, -0.1) is 6.58 Å². The van der Waals surface area contributed by atoms with Gasteiger partial charge in [0.1, 0.15) is 0 Å². The molecule has 0 atom stereocenters. The zero-order valence-corrected chi connectivity index (χ0v) is 10.9. The highest BCUT2D eigenvalue weighted by Crippen LogP contribution is 2.33. The van der Waals surface area contributed by atoms with E-state index in [1.54, 1.807) is 6.07 Å². The number of alkyl halides is 2. The lowest BCUT2D eigenvalue weighted by Crippen LogP contribution is -2.20. The monoisotopic (exact) mass is 283 g/mol. The summed E-state index contributed by atoms with van der Waals surface area (Å²) in [5.41, 5.74) is 0.318. The van der Waals surface area contributed by atoms with Crippen molar-refractivity contribution in [2.24, 2.45) is 0 Å². The van der Waals surface area contributed by atoms with Crippen LogP contribution in [0.3, 0.4) is 0 Å². The van der Waals surface area contributed by atoms with E-state index in [4.69, 9.17) is 4.74 Å². The lowest BCUT2D eigenvalue weighted by molar-refractivity contribution is -0.116. The maximum Gasteiger partial charge on any atom is 0.387 e. The number of methoxy groups -OCH3 is 1. The van der Waals surface area contributed by atoms with Crippen LogP contribution in [0.4, 0.5) is 8.78 Å². The highest BCUT2D eigenvalue weighted by Gasteiger charge is 2.13. The molecule has 0 aliphatic carbocycles. The Morgan fingerprint density at radius 3 is 2.85 bits per heavy atom. The van der Waals surface area contributed by atoms with Gasteiger partial charge >= 0.3 is 6.61 Å². The minimum Gasteiger partial charge on any atom is -0.493 e. The Balaban J connectivity index is 2.95. The van der Waals surface area contributed by atoms with Gasteiger partial charge in [-0.25, -0.2) is 0 Å². The SMILES string of the molecule is C=CCNC(=O)/C=C/c1cccc(OC)c1OC(F)F. The summed E-state index contributed by atoms with van der Waals surface area (Å²) in [5.74, 6) is -0.313. The lowest BCUT2D eigenvalue weighted by atomic mass is 10.1. The van der Waals surface area contributed by atoms with Crippen molar-refractivity contribution < 1.29 is 23.0 Å². The molecule has 0 saturated carbocycles. The second kappa shape index (κ2) is 7.93. The number of halogens is 2. The molecule has 20 heavy (non-hydrogen) atoms. The van der Waals surface area contributed by atoms with Crippen LogP contribution in [0.25, 0.3) is 6.08 Å². The predicted octanol–water partition coefficient (Wildman–Crippen LogP) is 2.61. The molecule has 0 aliphatic heterocycles. The molecule has 6 heteroatoms. The molecule has 108 valence electrons. The first-order chi connectivity index (χ1) is 9.58. The quantitative estimate of drug-likeness (QED) is 0.618. The number of carbonyl (C=O) groups excluding carboxylic acids is 1. The smallest absolute Gasteiger partial charge is 0.387 e. The van der Waals surface area contributed by atoms with Gasteiger partial charge in [-0.3, -0.25) is 4.79 Å². The van der Waals surface area contributed by atoms with Crippen LogP contribution in [-0.2, 0) is 4.79 Å². The number of ether oxygens (including phenoxy) is 2. The van der Waals surface area contributed by atoms with Crippen LogP contribution in [0.1, 0.15) is 5.56 Å². The Morgan fingerprint density at radius 1 is 1.50 bits per heavy atom.